The zero-order valence-corrected chi connectivity index (χ0v) is 42.9. The average Bonchev–Trinajstić information content (AvgIpc) is 3.43. The number of non-ortho nitro benzene ring substituents is 1. The van der Waals surface area contributed by atoms with Crippen molar-refractivity contribution in [2.24, 2.45) is 22.9 Å². The van der Waals surface area contributed by atoms with E-state index in [0.717, 1.165) is 47.3 Å². The highest BCUT2D eigenvalue weighted by Gasteiger charge is 2.65. The standard InChI is InChI=1S/C59H66FN3O11S/c1-2-31-72-59-55(62(39-42-19-23-46(60)24-20-42)58(66)71-33-32-69-40-43-13-5-3-6-14-43)38-53(61-73-41-44-21-25-47(26-22-44)63(67)68)51-36-45(15-9-11-29-64)50(18-10-12-30-65)56(57(51)59)52-37-48(27-28-54(52)74-59)70-34-35-75-49-16-7-4-8-17-49/h2-8,13-14,16-17,19-28,36-37,45,50,55-57,64-65H,1,9-12,15,18,29-35,38-41H2. The number of nitrogens with zero attached hydrogens (tertiary/aromatic N) is 3. The number of oxime groups is 1. The number of aliphatic hydroxyl groups is 2. The van der Waals surface area contributed by atoms with E-state index in [1.807, 2.05) is 60.7 Å². The van der Waals surface area contributed by atoms with Gasteiger partial charge in [0.25, 0.3) is 5.69 Å². The van der Waals surface area contributed by atoms with E-state index >= 15 is 4.79 Å². The predicted molar refractivity (Wildman–Crippen MR) is 285 cm³/mol. The number of rotatable bonds is 28. The average molecular weight is 1040 g/mol. The maximum Gasteiger partial charge on any atom is 0.410 e. The molecule has 6 atom stereocenters. The summed E-state index contributed by atoms with van der Waals surface area (Å²) in [5.41, 5.74) is 4.45. The molecule has 5 aromatic carbocycles. The topological polar surface area (TPSA) is 172 Å². The summed E-state index contributed by atoms with van der Waals surface area (Å²) >= 11 is 1.71. The van der Waals surface area contributed by atoms with Gasteiger partial charge >= 0.3 is 6.09 Å². The van der Waals surface area contributed by atoms with Gasteiger partial charge in [0.1, 0.15) is 36.6 Å². The van der Waals surface area contributed by atoms with Crippen molar-refractivity contribution in [3.63, 3.8) is 0 Å². The van der Waals surface area contributed by atoms with Gasteiger partial charge in [0.15, 0.2) is 0 Å². The number of carbonyl (C=O) groups excluding carboxylic acids is 1. The Morgan fingerprint density at radius 3 is 2.29 bits per heavy atom. The van der Waals surface area contributed by atoms with Gasteiger partial charge in [0, 0.05) is 60.4 Å². The number of thioether (sulfide) groups is 1. The molecule has 1 aliphatic heterocycles. The van der Waals surface area contributed by atoms with Crippen LogP contribution in [0.5, 0.6) is 11.5 Å². The van der Waals surface area contributed by atoms with E-state index in [-0.39, 0.29) is 76.0 Å². The van der Waals surface area contributed by atoms with Crippen LogP contribution in [0.25, 0.3) is 0 Å². The van der Waals surface area contributed by atoms with Gasteiger partial charge in [0.2, 0.25) is 5.79 Å². The lowest BCUT2D eigenvalue weighted by Crippen LogP contribution is -2.70. The maximum absolute atomic E-state index is 15.1. The Kier molecular flexibility index (Phi) is 19.9. The Bertz CT molecular complexity index is 2700. The number of benzene rings is 5. The molecule has 14 nitrogen and oxygen atoms in total. The second kappa shape index (κ2) is 27.3. The van der Waals surface area contributed by atoms with Gasteiger partial charge in [-0.25, -0.2) is 9.18 Å². The Labute approximate surface area is 442 Å². The third kappa shape index (κ3) is 14.0. The van der Waals surface area contributed by atoms with Crippen molar-refractivity contribution in [2.45, 2.75) is 87.3 Å². The first-order valence-electron chi connectivity index (χ1n) is 25.7. The monoisotopic (exact) mass is 1040 g/mol. The van der Waals surface area contributed by atoms with E-state index in [9.17, 15) is 24.7 Å². The molecule has 0 spiro atoms. The molecule has 5 aromatic rings. The minimum atomic E-state index is -1.61. The molecule has 0 aromatic heterocycles. The first kappa shape index (κ1) is 54.7. The molecular weight excluding hydrogens is 978 g/mol. The molecule has 6 unspecified atom stereocenters. The van der Waals surface area contributed by atoms with Crippen molar-refractivity contribution in [1.29, 1.82) is 0 Å². The molecule has 1 saturated carbocycles. The van der Waals surface area contributed by atoms with Gasteiger partial charge in [-0.3, -0.25) is 15.0 Å². The molecule has 396 valence electrons. The molecule has 2 N–H and O–H groups in total. The van der Waals surface area contributed by atoms with E-state index in [1.54, 1.807) is 47.0 Å². The van der Waals surface area contributed by atoms with Crippen LogP contribution in [-0.4, -0.2) is 89.1 Å². The smallest absolute Gasteiger partial charge is 0.410 e. The van der Waals surface area contributed by atoms with Crippen LogP contribution in [0.3, 0.4) is 0 Å². The molecule has 1 amide bonds. The van der Waals surface area contributed by atoms with Crippen LogP contribution in [-0.2, 0) is 38.8 Å². The molecule has 0 saturated heterocycles. The first-order valence-corrected chi connectivity index (χ1v) is 26.7. The van der Waals surface area contributed by atoms with Gasteiger partial charge < -0.3 is 38.7 Å². The van der Waals surface area contributed by atoms with Crippen molar-refractivity contribution >= 4 is 29.3 Å². The molecule has 3 aliphatic rings. The molecule has 0 radical (unpaired) electrons. The van der Waals surface area contributed by atoms with Crippen LogP contribution in [0.15, 0.2) is 162 Å². The Hall–Kier alpha value is -6.56. The number of allylic oxidation sites excluding steroid dienone is 1. The summed E-state index contributed by atoms with van der Waals surface area (Å²) in [5.74, 6) is -1.18. The molecule has 1 fully saturated rings. The highest BCUT2D eigenvalue weighted by Crippen LogP contribution is 2.62. The molecule has 16 heteroatoms. The summed E-state index contributed by atoms with van der Waals surface area (Å²) in [6.07, 6.45) is 7.43. The zero-order valence-electron chi connectivity index (χ0n) is 42.1. The molecule has 8 rings (SSSR count). The number of amides is 1. The van der Waals surface area contributed by atoms with Crippen LogP contribution in [0.4, 0.5) is 14.9 Å². The fourth-order valence-corrected chi connectivity index (χ4v) is 11.3. The van der Waals surface area contributed by atoms with Crippen molar-refractivity contribution in [1.82, 2.24) is 4.90 Å². The van der Waals surface area contributed by atoms with Crippen LogP contribution < -0.4 is 9.47 Å². The van der Waals surface area contributed by atoms with Gasteiger partial charge in [-0.2, -0.15) is 0 Å². The van der Waals surface area contributed by atoms with Gasteiger partial charge in [-0.15, -0.1) is 18.3 Å². The van der Waals surface area contributed by atoms with Crippen molar-refractivity contribution in [3.05, 3.63) is 190 Å². The van der Waals surface area contributed by atoms with E-state index in [2.05, 4.69) is 30.9 Å². The van der Waals surface area contributed by atoms with Crippen molar-refractivity contribution < 1.29 is 52.8 Å². The molecule has 2 aliphatic carbocycles. The Morgan fingerprint density at radius 1 is 0.867 bits per heavy atom. The highest BCUT2D eigenvalue weighted by atomic mass is 32.2. The third-order valence-electron chi connectivity index (χ3n) is 14.0. The summed E-state index contributed by atoms with van der Waals surface area (Å²) in [4.78, 5) is 35.0. The Morgan fingerprint density at radius 2 is 1.57 bits per heavy atom. The summed E-state index contributed by atoms with van der Waals surface area (Å²) in [5, 5.41) is 36.5. The highest BCUT2D eigenvalue weighted by molar-refractivity contribution is 7.99. The lowest BCUT2D eigenvalue weighted by atomic mass is 9.55. The number of aliphatic hydroxyl groups excluding tert-OH is 2. The van der Waals surface area contributed by atoms with Crippen LogP contribution in [0.1, 0.15) is 73.1 Å². The number of carbonyl (C=O) groups is 1. The second-order valence-corrected chi connectivity index (χ2v) is 20.1. The fourth-order valence-electron chi connectivity index (χ4n) is 10.6. The summed E-state index contributed by atoms with van der Waals surface area (Å²) in [6, 6.07) is 36.8. The van der Waals surface area contributed by atoms with E-state index < -0.39 is 34.6 Å². The van der Waals surface area contributed by atoms with Crippen molar-refractivity contribution in [3.8, 4) is 11.5 Å². The number of nitro groups is 1. The van der Waals surface area contributed by atoms with E-state index in [0.29, 0.717) is 60.1 Å². The zero-order chi connectivity index (χ0) is 52.4. The van der Waals surface area contributed by atoms with E-state index in [4.69, 9.17) is 33.7 Å². The SMILES string of the molecule is C=CCOC12Oc3ccc(OCCSc4ccccc4)cc3C3C(CCCCO)C(CCCCO)C=C(C(=NOCc4ccc([N+](=O)[O-])cc4)CC1N(Cc1ccc(F)cc1)C(=O)OCCOCc1ccccc1)C32. The first-order chi connectivity index (χ1) is 36.7. The van der Waals surface area contributed by atoms with E-state index in [1.165, 1.54) is 24.3 Å². The third-order valence-corrected chi connectivity index (χ3v) is 15.0. The minimum Gasteiger partial charge on any atom is -0.493 e. The van der Waals surface area contributed by atoms with Gasteiger partial charge in [0.05, 0.1) is 43.0 Å². The number of ether oxygens (including phenoxy) is 5. The van der Waals surface area contributed by atoms with Gasteiger partial charge in [-0.1, -0.05) is 90.8 Å². The number of halogens is 1. The maximum atomic E-state index is 15.1. The largest absolute Gasteiger partial charge is 0.493 e. The number of nitro benzene ring substituents is 1. The Balaban J connectivity index is 1.24. The van der Waals surface area contributed by atoms with Crippen LogP contribution in [0, 0.1) is 33.7 Å². The van der Waals surface area contributed by atoms with Crippen LogP contribution in [0.2, 0.25) is 0 Å². The van der Waals surface area contributed by atoms with Crippen molar-refractivity contribution in [2.75, 3.05) is 45.4 Å². The quantitative estimate of drug-likeness (QED) is 0.0160. The number of hydrogen-bond donors (Lipinski definition) is 2. The molecule has 1 heterocycles. The van der Waals surface area contributed by atoms with Gasteiger partial charge in [-0.05, 0) is 114 Å². The predicted octanol–water partition coefficient (Wildman–Crippen LogP) is 11.6. The number of hydrogen-bond acceptors (Lipinski definition) is 13. The molecular formula is C59H66FN3O11S. The second-order valence-electron chi connectivity index (χ2n) is 18.9. The minimum absolute atomic E-state index is 0.0116. The number of unbranched alkanes of at least 4 members (excludes halogenated alkanes) is 2. The lowest BCUT2D eigenvalue weighted by molar-refractivity contribution is -0.384. The molecule has 75 heavy (non-hydrogen) atoms. The normalized spacial score (nSPS) is 21.0. The van der Waals surface area contributed by atoms with Crippen LogP contribution >= 0.6 is 11.8 Å². The lowest BCUT2D eigenvalue weighted by Gasteiger charge is -2.59. The summed E-state index contributed by atoms with van der Waals surface area (Å²) < 4.78 is 47.6. The summed E-state index contributed by atoms with van der Waals surface area (Å²) in [6.45, 7) is 4.92. The molecule has 0 bridgehead atoms. The fraction of sp³-hybridized carbons (Fsp3) is 0.390. The number of fused-ring (bicyclic) bond motifs is 2. The summed E-state index contributed by atoms with van der Waals surface area (Å²) in [7, 11) is 0.